The molecule has 0 aliphatic rings. The van der Waals surface area contributed by atoms with Crippen LogP contribution in [-0.2, 0) is 0 Å². The molecule has 1 heterocycles. The molecule has 86 valence electrons. The summed E-state index contributed by atoms with van der Waals surface area (Å²) in [5.41, 5.74) is 0. The summed E-state index contributed by atoms with van der Waals surface area (Å²) >= 11 is 1.61. The highest BCUT2D eigenvalue weighted by atomic mass is 32.2. The molecular weight excluding hydrogens is 210 g/mol. The minimum atomic E-state index is 0.443. The molecule has 4 nitrogen and oxygen atoms in total. The molecule has 15 heavy (non-hydrogen) atoms. The van der Waals surface area contributed by atoms with Gasteiger partial charge < -0.3 is 9.73 Å². The standard InChI is InChI=1S/C10H19N3OS/c1-5-7(2)11-6-8(3)15-10-13-12-9(4)14-10/h7-8,11H,5-6H2,1-4H3. The van der Waals surface area contributed by atoms with Crippen LogP contribution in [0.2, 0.25) is 0 Å². The highest BCUT2D eigenvalue weighted by Crippen LogP contribution is 2.20. The van der Waals surface area contributed by atoms with Crippen LogP contribution in [0.1, 0.15) is 33.1 Å². The highest BCUT2D eigenvalue weighted by Gasteiger charge is 2.10. The Morgan fingerprint density at radius 1 is 1.40 bits per heavy atom. The van der Waals surface area contributed by atoms with Gasteiger partial charge >= 0.3 is 0 Å². The van der Waals surface area contributed by atoms with Gasteiger partial charge in [0.1, 0.15) is 0 Å². The van der Waals surface area contributed by atoms with E-state index >= 15 is 0 Å². The van der Waals surface area contributed by atoms with Gasteiger partial charge in [0.2, 0.25) is 5.89 Å². The van der Waals surface area contributed by atoms with Gasteiger partial charge in [-0.25, -0.2) is 0 Å². The van der Waals surface area contributed by atoms with Gasteiger partial charge in [-0.05, 0) is 13.3 Å². The van der Waals surface area contributed by atoms with Crippen molar-refractivity contribution in [3.05, 3.63) is 5.89 Å². The smallest absolute Gasteiger partial charge is 0.276 e. The number of hydrogen-bond donors (Lipinski definition) is 1. The zero-order chi connectivity index (χ0) is 11.3. The first-order chi connectivity index (χ1) is 7.11. The van der Waals surface area contributed by atoms with Gasteiger partial charge in [-0.1, -0.05) is 25.6 Å². The molecule has 0 aromatic carbocycles. The van der Waals surface area contributed by atoms with Crippen LogP contribution >= 0.6 is 11.8 Å². The number of aryl methyl sites for hydroxylation is 1. The molecule has 2 atom stereocenters. The molecule has 0 saturated carbocycles. The van der Waals surface area contributed by atoms with Crippen LogP contribution in [0.25, 0.3) is 0 Å². The number of hydrogen-bond acceptors (Lipinski definition) is 5. The van der Waals surface area contributed by atoms with Crippen molar-refractivity contribution in [1.29, 1.82) is 0 Å². The first-order valence-corrected chi connectivity index (χ1v) is 6.20. The molecule has 0 aliphatic carbocycles. The predicted molar refractivity (Wildman–Crippen MR) is 62.1 cm³/mol. The number of thioether (sulfide) groups is 1. The first-order valence-electron chi connectivity index (χ1n) is 5.32. The topological polar surface area (TPSA) is 51.0 Å². The van der Waals surface area contributed by atoms with Gasteiger partial charge in [0.25, 0.3) is 5.22 Å². The van der Waals surface area contributed by atoms with Crippen molar-refractivity contribution in [1.82, 2.24) is 15.5 Å². The van der Waals surface area contributed by atoms with Crippen molar-refractivity contribution in [3.8, 4) is 0 Å². The Morgan fingerprint density at radius 3 is 2.67 bits per heavy atom. The Balaban J connectivity index is 2.27. The highest BCUT2D eigenvalue weighted by molar-refractivity contribution is 7.99. The zero-order valence-corrected chi connectivity index (χ0v) is 10.6. The Kier molecular flexibility index (Phi) is 5.11. The molecule has 2 unspecified atom stereocenters. The van der Waals surface area contributed by atoms with Crippen molar-refractivity contribution in [2.45, 2.75) is 50.6 Å². The third kappa shape index (κ3) is 4.66. The quantitative estimate of drug-likeness (QED) is 0.758. The lowest BCUT2D eigenvalue weighted by molar-refractivity contribution is 0.428. The van der Waals surface area contributed by atoms with E-state index in [9.17, 15) is 0 Å². The van der Waals surface area contributed by atoms with Crippen LogP contribution < -0.4 is 5.32 Å². The summed E-state index contributed by atoms with van der Waals surface area (Å²) in [6.07, 6.45) is 1.15. The van der Waals surface area contributed by atoms with Crippen LogP contribution in [-0.4, -0.2) is 28.0 Å². The second kappa shape index (κ2) is 6.12. The average Bonchev–Trinajstić information content (AvgIpc) is 2.60. The van der Waals surface area contributed by atoms with Gasteiger partial charge in [-0.15, -0.1) is 10.2 Å². The average molecular weight is 229 g/mol. The van der Waals surface area contributed by atoms with E-state index in [0.29, 0.717) is 22.4 Å². The summed E-state index contributed by atoms with van der Waals surface area (Å²) in [4.78, 5) is 0. The van der Waals surface area contributed by atoms with E-state index in [2.05, 4.69) is 36.3 Å². The summed E-state index contributed by atoms with van der Waals surface area (Å²) in [5.74, 6) is 0.625. The van der Waals surface area contributed by atoms with Crippen molar-refractivity contribution >= 4 is 11.8 Å². The first kappa shape index (κ1) is 12.5. The van der Waals surface area contributed by atoms with Crippen LogP contribution in [0.4, 0.5) is 0 Å². The largest absolute Gasteiger partial charge is 0.416 e. The summed E-state index contributed by atoms with van der Waals surface area (Å²) in [5, 5.41) is 12.3. The van der Waals surface area contributed by atoms with E-state index in [1.807, 2.05) is 0 Å². The fourth-order valence-electron chi connectivity index (χ4n) is 1.05. The predicted octanol–water partition coefficient (Wildman–Crippen LogP) is 2.25. The number of aromatic nitrogens is 2. The number of nitrogens with one attached hydrogen (secondary N) is 1. The van der Waals surface area contributed by atoms with Crippen molar-refractivity contribution in [2.24, 2.45) is 0 Å². The van der Waals surface area contributed by atoms with Gasteiger partial charge in [0, 0.05) is 24.8 Å². The van der Waals surface area contributed by atoms with Crippen molar-refractivity contribution < 1.29 is 4.42 Å². The van der Waals surface area contributed by atoms with Crippen LogP contribution in [0, 0.1) is 6.92 Å². The zero-order valence-electron chi connectivity index (χ0n) is 9.78. The maximum atomic E-state index is 5.30. The van der Waals surface area contributed by atoms with E-state index in [1.54, 1.807) is 18.7 Å². The van der Waals surface area contributed by atoms with E-state index in [-0.39, 0.29) is 0 Å². The fraction of sp³-hybridized carbons (Fsp3) is 0.800. The SMILES string of the molecule is CCC(C)NCC(C)Sc1nnc(C)o1. The lowest BCUT2D eigenvalue weighted by Crippen LogP contribution is -2.30. The molecular formula is C10H19N3OS. The third-order valence-corrected chi connectivity index (χ3v) is 3.11. The Labute approximate surface area is 95.2 Å². The molecule has 0 bridgehead atoms. The summed E-state index contributed by atoms with van der Waals surface area (Å²) in [6.45, 7) is 9.28. The Bertz CT molecular complexity index is 290. The van der Waals surface area contributed by atoms with E-state index in [4.69, 9.17) is 4.42 Å². The van der Waals surface area contributed by atoms with Gasteiger partial charge in [-0.3, -0.25) is 0 Å². The monoisotopic (exact) mass is 229 g/mol. The van der Waals surface area contributed by atoms with Crippen LogP contribution in [0.5, 0.6) is 0 Å². The maximum absolute atomic E-state index is 5.30. The molecule has 0 spiro atoms. The minimum absolute atomic E-state index is 0.443. The van der Waals surface area contributed by atoms with Crippen molar-refractivity contribution in [2.75, 3.05) is 6.54 Å². The molecule has 0 fully saturated rings. The molecule has 0 aliphatic heterocycles. The molecule has 0 radical (unpaired) electrons. The lowest BCUT2D eigenvalue weighted by Gasteiger charge is -2.14. The fourth-order valence-corrected chi connectivity index (χ4v) is 1.83. The van der Waals surface area contributed by atoms with Crippen molar-refractivity contribution in [3.63, 3.8) is 0 Å². The second-order valence-corrected chi connectivity index (χ2v) is 5.12. The molecule has 1 aromatic heterocycles. The lowest BCUT2D eigenvalue weighted by atomic mass is 10.2. The minimum Gasteiger partial charge on any atom is -0.416 e. The molecule has 1 aromatic rings. The summed E-state index contributed by atoms with van der Waals surface area (Å²) in [7, 11) is 0. The number of nitrogens with zero attached hydrogens (tertiary/aromatic N) is 2. The molecule has 0 amide bonds. The molecule has 0 saturated heterocycles. The van der Waals surface area contributed by atoms with E-state index in [0.717, 1.165) is 13.0 Å². The van der Waals surface area contributed by atoms with Crippen LogP contribution in [0.3, 0.4) is 0 Å². The van der Waals surface area contributed by atoms with Crippen LogP contribution in [0.15, 0.2) is 9.64 Å². The summed E-state index contributed by atoms with van der Waals surface area (Å²) < 4.78 is 5.30. The second-order valence-electron chi connectivity index (χ2n) is 3.73. The maximum Gasteiger partial charge on any atom is 0.276 e. The van der Waals surface area contributed by atoms with E-state index in [1.165, 1.54) is 0 Å². The Hall–Kier alpha value is -0.550. The third-order valence-electron chi connectivity index (χ3n) is 2.18. The van der Waals surface area contributed by atoms with Gasteiger partial charge in [0.05, 0.1) is 0 Å². The molecule has 5 heteroatoms. The van der Waals surface area contributed by atoms with Gasteiger partial charge in [0.15, 0.2) is 0 Å². The summed E-state index contributed by atoms with van der Waals surface area (Å²) in [6, 6.07) is 0.567. The molecule has 1 N–H and O–H groups in total. The number of rotatable bonds is 6. The Morgan fingerprint density at radius 2 is 2.13 bits per heavy atom. The van der Waals surface area contributed by atoms with E-state index < -0.39 is 0 Å². The normalized spacial score (nSPS) is 15.2. The van der Waals surface area contributed by atoms with Gasteiger partial charge in [-0.2, -0.15) is 0 Å². The molecule has 1 rings (SSSR count).